The van der Waals surface area contributed by atoms with Crippen molar-refractivity contribution in [3.8, 4) is 0 Å². The van der Waals surface area contributed by atoms with Gasteiger partial charge in [0, 0.05) is 13.0 Å². The predicted molar refractivity (Wildman–Crippen MR) is 74.6 cm³/mol. The largest absolute Gasteiger partial charge is 0.481 e. The molecular weight excluding hydrogens is 264 g/mol. The number of carbonyl (C=O) groups is 2. The van der Waals surface area contributed by atoms with Crippen molar-refractivity contribution in [2.24, 2.45) is 4.99 Å². The number of amides is 1. The maximum Gasteiger partial charge on any atom is 0.303 e. The van der Waals surface area contributed by atoms with Gasteiger partial charge >= 0.3 is 5.97 Å². The molecular formula is C13H14N2O3S. The van der Waals surface area contributed by atoms with Crippen molar-refractivity contribution in [1.29, 1.82) is 0 Å². The van der Waals surface area contributed by atoms with E-state index in [4.69, 9.17) is 5.11 Å². The Balaban J connectivity index is 2.05. The van der Waals surface area contributed by atoms with Crippen LogP contribution < -0.4 is 0 Å². The summed E-state index contributed by atoms with van der Waals surface area (Å²) in [4.78, 5) is 28.2. The first-order valence-corrected chi connectivity index (χ1v) is 6.94. The van der Waals surface area contributed by atoms with Crippen LogP contribution in [0.2, 0.25) is 0 Å². The van der Waals surface area contributed by atoms with Crippen LogP contribution in [-0.4, -0.2) is 39.3 Å². The average molecular weight is 278 g/mol. The molecule has 100 valence electrons. The number of thioether (sulfide) groups is 1. The van der Waals surface area contributed by atoms with Crippen LogP contribution in [0.5, 0.6) is 0 Å². The van der Waals surface area contributed by atoms with Gasteiger partial charge in [0.2, 0.25) is 5.91 Å². The number of aliphatic carboxylic acids is 1. The molecule has 1 heterocycles. The van der Waals surface area contributed by atoms with Gasteiger partial charge in [-0.05, 0) is 18.6 Å². The maximum atomic E-state index is 11.7. The third-order valence-electron chi connectivity index (χ3n) is 2.61. The molecule has 0 aromatic heterocycles. The van der Waals surface area contributed by atoms with Gasteiger partial charge in [0.15, 0.2) is 5.17 Å². The molecule has 1 fully saturated rings. The van der Waals surface area contributed by atoms with Crippen LogP contribution in [0.25, 0.3) is 0 Å². The molecule has 0 bridgehead atoms. The molecule has 1 aromatic carbocycles. The van der Waals surface area contributed by atoms with Gasteiger partial charge < -0.3 is 5.11 Å². The molecule has 6 heteroatoms. The monoisotopic (exact) mass is 278 g/mol. The quantitative estimate of drug-likeness (QED) is 0.895. The number of carboxylic acid groups (broad SMARTS) is 1. The fourth-order valence-electron chi connectivity index (χ4n) is 1.70. The molecule has 0 radical (unpaired) electrons. The average Bonchev–Trinajstić information content (AvgIpc) is 2.72. The van der Waals surface area contributed by atoms with E-state index >= 15 is 0 Å². The highest BCUT2D eigenvalue weighted by Gasteiger charge is 2.27. The van der Waals surface area contributed by atoms with Crippen molar-refractivity contribution in [3.05, 3.63) is 30.3 Å². The summed E-state index contributed by atoms with van der Waals surface area (Å²) in [6.45, 7) is 0.407. The number of carboxylic acids is 1. The topological polar surface area (TPSA) is 70.0 Å². The normalized spacial score (nSPS) is 17.2. The molecule has 19 heavy (non-hydrogen) atoms. The van der Waals surface area contributed by atoms with Crippen LogP contribution in [0.15, 0.2) is 35.3 Å². The van der Waals surface area contributed by atoms with Crippen LogP contribution >= 0.6 is 11.8 Å². The number of hydrogen-bond donors (Lipinski definition) is 1. The summed E-state index contributed by atoms with van der Waals surface area (Å²) < 4.78 is 0. The van der Waals surface area contributed by atoms with Gasteiger partial charge in [-0.2, -0.15) is 0 Å². The Hall–Kier alpha value is -1.82. The van der Waals surface area contributed by atoms with Gasteiger partial charge in [0.25, 0.3) is 0 Å². The summed E-state index contributed by atoms with van der Waals surface area (Å²) in [6, 6.07) is 9.41. The number of amidine groups is 1. The summed E-state index contributed by atoms with van der Waals surface area (Å²) in [7, 11) is 0. The second-order valence-corrected chi connectivity index (χ2v) is 5.00. The lowest BCUT2D eigenvalue weighted by molar-refractivity contribution is -0.137. The zero-order valence-electron chi connectivity index (χ0n) is 10.3. The van der Waals surface area contributed by atoms with Crippen LogP contribution in [-0.2, 0) is 9.59 Å². The number of rotatable bonds is 5. The molecule has 0 spiro atoms. The summed E-state index contributed by atoms with van der Waals surface area (Å²) >= 11 is 1.39. The summed E-state index contributed by atoms with van der Waals surface area (Å²) in [5.74, 6) is -0.482. The van der Waals surface area contributed by atoms with Crippen LogP contribution in [0.4, 0.5) is 5.69 Å². The number of para-hydroxylation sites is 1. The van der Waals surface area contributed by atoms with E-state index in [0.29, 0.717) is 23.9 Å². The van der Waals surface area contributed by atoms with Gasteiger partial charge in [-0.1, -0.05) is 30.0 Å². The maximum absolute atomic E-state index is 11.7. The van der Waals surface area contributed by atoms with Crippen LogP contribution in [0.1, 0.15) is 12.8 Å². The molecule has 0 aliphatic carbocycles. The number of aliphatic imine (C=N–C) groups is 1. The third kappa shape index (κ3) is 3.82. The first kappa shape index (κ1) is 13.6. The van der Waals surface area contributed by atoms with E-state index in [0.717, 1.165) is 5.69 Å². The van der Waals surface area contributed by atoms with Gasteiger partial charge in [0.1, 0.15) is 0 Å². The fourth-order valence-corrected chi connectivity index (χ4v) is 2.63. The van der Waals surface area contributed by atoms with E-state index in [2.05, 4.69) is 4.99 Å². The summed E-state index contributed by atoms with van der Waals surface area (Å²) in [5.41, 5.74) is 0.794. The highest BCUT2D eigenvalue weighted by molar-refractivity contribution is 8.15. The standard InChI is InChI=1S/C13H14N2O3S/c16-11-9-19-13(14-10-5-2-1-3-6-10)15(11)8-4-7-12(17)18/h1-3,5-6H,4,7-9H2,(H,17,18)/b14-13+. The Labute approximate surface area is 115 Å². The van der Waals surface area contributed by atoms with Crippen LogP contribution in [0, 0.1) is 0 Å². The van der Waals surface area contributed by atoms with Crippen LogP contribution in [0.3, 0.4) is 0 Å². The molecule has 1 amide bonds. The first-order chi connectivity index (χ1) is 9.16. The Morgan fingerprint density at radius 1 is 1.37 bits per heavy atom. The fraction of sp³-hybridized carbons (Fsp3) is 0.308. The number of benzene rings is 1. The Morgan fingerprint density at radius 3 is 2.79 bits per heavy atom. The van der Waals surface area contributed by atoms with E-state index < -0.39 is 5.97 Å². The minimum absolute atomic E-state index is 0.00919. The second kappa shape index (κ2) is 6.38. The minimum Gasteiger partial charge on any atom is -0.481 e. The minimum atomic E-state index is -0.846. The Morgan fingerprint density at radius 2 is 2.11 bits per heavy atom. The zero-order valence-corrected chi connectivity index (χ0v) is 11.1. The molecule has 1 saturated heterocycles. The molecule has 0 unspecified atom stereocenters. The zero-order chi connectivity index (χ0) is 13.7. The van der Waals surface area contributed by atoms with Crippen molar-refractivity contribution < 1.29 is 14.7 Å². The van der Waals surface area contributed by atoms with Crippen molar-refractivity contribution in [1.82, 2.24) is 4.90 Å². The molecule has 1 aliphatic rings. The molecule has 2 rings (SSSR count). The van der Waals surface area contributed by atoms with Gasteiger partial charge in [-0.3, -0.25) is 14.5 Å². The molecule has 0 saturated carbocycles. The van der Waals surface area contributed by atoms with Crippen molar-refractivity contribution in [3.63, 3.8) is 0 Å². The molecule has 1 N–H and O–H groups in total. The molecule has 0 atom stereocenters. The van der Waals surface area contributed by atoms with Gasteiger partial charge in [-0.25, -0.2) is 4.99 Å². The van der Waals surface area contributed by atoms with E-state index in [1.165, 1.54) is 11.8 Å². The Kier molecular flexibility index (Phi) is 4.57. The lowest BCUT2D eigenvalue weighted by atomic mass is 10.3. The number of nitrogens with zero attached hydrogens (tertiary/aromatic N) is 2. The summed E-state index contributed by atoms with van der Waals surface area (Å²) in [6.07, 6.45) is 0.502. The van der Waals surface area contributed by atoms with E-state index in [1.54, 1.807) is 4.90 Å². The van der Waals surface area contributed by atoms with E-state index in [9.17, 15) is 9.59 Å². The SMILES string of the molecule is O=C(O)CCCN1C(=O)CS/C1=N/c1ccccc1. The lowest BCUT2D eigenvalue weighted by Crippen LogP contribution is -2.30. The molecule has 5 nitrogen and oxygen atoms in total. The summed E-state index contributed by atoms with van der Waals surface area (Å²) in [5, 5.41) is 9.27. The first-order valence-electron chi connectivity index (χ1n) is 5.95. The smallest absolute Gasteiger partial charge is 0.303 e. The molecule has 1 aliphatic heterocycles. The Bertz CT molecular complexity index is 502. The van der Waals surface area contributed by atoms with Gasteiger partial charge in [0.05, 0.1) is 11.4 Å². The number of carbonyl (C=O) groups excluding carboxylic acids is 1. The highest BCUT2D eigenvalue weighted by Crippen LogP contribution is 2.23. The number of hydrogen-bond acceptors (Lipinski definition) is 4. The van der Waals surface area contributed by atoms with E-state index in [-0.39, 0.29) is 12.3 Å². The molecule has 1 aromatic rings. The van der Waals surface area contributed by atoms with Crippen molar-refractivity contribution >= 4 is 34.5 Å². The van der Waals surface area contributed by atoms with Crippen molar-refractivity contribution in [2.45, 2.75) is 12.8 Å². The van der Waals surface area contributed by atoms with Crippen molar-refractivity contribution in [2.75, 3.05) is 12.3 Å². The lowest BCUT2D eigenvalue weighted by Gasteiger charge is -2.15. The van der Waals surface area contributed by atoms with E-state index in [1.807, 2.05) is 30.3 Å². The van der Waals surface area contributed by atoms with Gasteiger partial charge in [-0.15, -0.1) is 0 Å². The highest BCUT2D eigenvalue weighted by atomic mass is 32.2. The second-order valence-electron chi connectivity index (χ2n) is 4.06. The third-order valence-corrected chi connectivity index (χ3v) is 3.57. The predicted octanol–water partition coefficient (Wildman–Crippen LogP) is 2.11.